The number of rotatable bonds is 3. The smallest absolute Gasteiger partial charge is 0.407 e. The molecule has 0 bridgehead atoms. The molecule has 3 aromatic carbocycles. The van der Waals surface area contributed by atoms with Crippen molar-refractivity contribution in [3.63, 3.8) is 0 Å². The molecular formula is C24H23N5O2. The summed E-state index contributed by atoms with van der Waals surface area (Å²) in [4.78, 5) is 20.7. The summed E-state index contributed by atoms with van der Waals surface area (Å²) >= 11 is 0. The molecule has 0 saturated carbocycles. The summed E-state index contributed by atoms with van der Waals surface area (Å²) in [5.41, 5.74) is 16.9. The molecule has 2 heterocycles. The molecule has 1 aliphatic heterocycles. The minimum absolute atomic E-state index is 0.207. The first kappa shape index (κ1) is 19.0. The molecule has 156 valence electrons. The van der Waals surface area contributed by atoms with E-state index in [9.17, 15) is 9.90 Å². The lowest BCUT2D eigenvalue weighted by Crippen LogP contribution is -2.29. The van der Waals surface area contributed by atoms with Crippen LogP contribution in [0, 0.1) is 0 Å². The molecule has 7 nitrogen and oxygen atoms in total. The molecule has 1 atom stereocenters. The minimum Gasteiger partial charge on any atom is -0.465 e. The second-order valence-electron chi connectivity index (χ2n) is 7.94. The summed E-state index contributed by atoms with van der Waals surface area (Å²) in [6.07, 6.45) is 2.52. The van der Waals surface area contributed by atoms with E-state index in [1.165, 1.54) is 4.90 Å². The highest BCUT2D eigenvalue weighted by Crippen LogP contribution is 2.33. The Morgan fingerprint density at radius 3 is 2.39 bits per heavy atom. The number of imidazole rings is 1. The van der Waals surface area contributed by atoms with Crippen molar-refractivity contribution >= 4 is 28.2 Å². The molecule has 6 N–H and O–H groups in total. The Balaban J connectivity index is 1.45. The van der Waals surface area contributed by atoms with Gasteiger partial charge in [0.1, 0.15) is 5.82 Å². The van der Waals surface area contributed by atoms with E-state index in [1.807, 2.05) is 24.3 Å². The van der Waals surface area contributed by atoms with Crippen molar-refractivity contribution in [1.29, 1.82) is 0 Å². The minimum atomic E-state index is -0.898. The third kappa shape index (κ3) is 3.44. The molecule has 0 spiro atoms. The molecule has 1 saturated heterocycles. The van der Waals surface area contributed by atoms with Crippen LogP contribution in [0.3, 0.4) is 0 Å². The van der Waals surface area contributed by atoms with Crippen LogP contribution in [0.15, 0.2) is 60.8 Å². The molecule has 0 aliphatic carbocycles. The topological polar surface area (TPSA) is 121 Å². The maximum atomic E-state index is 11.4. The number of carboxylic acid groups (broad SMARTS) is 1. The number of likely N-dealkylation sites (tertiary alicyclic amines) is 1. The van der Waals surface area contributed by atoms with E-state index >= 15 is 0 Å². The summed E-state index contributed by atoms with van der Waals surface area (Å²) in [7, 11) is 0. The number of fused-ring (bicyclic) bond motifs is 1. The van der Waals surface area contributed by atoms with Gasteiger partial charge in [-0.3, -0.25) is 4.90 Å². The van der Waals surface area contributed by atoms with Crippen molar-refractivity contribution < 1.29 is 9.90 Å². The summed E-state index contributed by atoms with van der Waals surface area (Å²) in [5.74, 6) is 0.700. The van der Waals surface area contributed by atoms with Crippen LogP contribution in [0.2, 0.25) is 0 Å². The van der Waals surface area contributed by atoms with Gasteiger partial charge in [-0.25, -0.2) is 9.78 Å². The fourth-order valence-electron chi connectivity index (χ4n) is 4.28. The van der Waals surface area contributed by atoms with E-state index in [4.69, 9.17) is 11.5 Å². The van der Waals surface area contributed by atoms with Gasteiger partial charge in [0.15, 0.2) is 0 Å². The van der Waals surface area contributed by atoms with Crippen LogP contribution >= 0.6 is 0 Å². The molecular weight excluding hydrogens is 390 g/mol. The number of carbonyl (C=O) groups is 1. The summed E-state index contributed by atoms with van der Waals surface area (Å²) < 4.78 is 0. The molecule has 1 fully saturated rings. The zero-order valence-electron chi connectivity index (χ0n) is 16.9. The lowest BCUT2D eigenvalue weighted by atomic mass is 9.99. The molecule has 1 aliphatic rings. The number of nitrogen functional groups attached to an aromatic ring is 2. The Labute approximate surface area is 179 Å². The number of nitrogens with two attached hydrogens (primary N) is 2. The highest BCUT2D eigenvalue weighted by atomic mass is 16.4. The average molecular weight is 413 g/mol. The second-order valence-corrected chi connectivity index (χ2v) is 7.94. The zero-order valence-corrected chi connectivity index (χ0v) is 16.9. The van der Waals surface area contributed by atoms with Crippen LogP contribution in [-0.2, 0) is 0 Å². The van der Waals surface area contributed by atoms with E-state index in [0.29, 0.717) is 23.7 Å². The fraction of sp³-hybridized carbons (Fsp3) is 0.167. The number of benzene rings is 3. The highest BCUT2D eigenvalue weighted by Gasteiger charge is 2.31. The van der Waals surface area contributed by atoms with Crippen LogP contribution in [0.5, 0.6) is 0 Å². The number of aromatic nitrogens is 2. The van der Waals surface area contributed by atoms with E-state index in [1.54, 1.807) is 6.20 Å². The van der Waals surface area contributed by atoms with E-state index in [0.717, 1.165) is 46.0 Å². The molecule has 1 aromatic heterocycles. The second kappa shape index (κ2) is 7.36. The highest BCUT2D eigenvalue weighted by molar-refractivity contribution is 5.91. The summed E-state index contributed by atoms with van der Waals surface area (Å²) in [6, 6.07) is 18.0. The normalized spacial score (nSPS) is 16.1. The van der Waals surface area contributed by atoms with Gasteiger partial charge in [-0.05, 0) is 59.0 Å². The predicted octanol–water partition coefficient (Wildman–Crippen LogP) is 4.88. The zero-order chi connectivity index (χ0) is 21.5. The molecule has 4 aromatic rings. The summed E-state index contributed by atoms with van der Waals surface area (Å²) in [5, 5.41) is 11.6. The van der Waals surface area contributed by atoms with Gasteiger partial charge in [0.05, 0.1) is 29.3 Å². The van der Waals surface area contributed by atoms with E-state index in [-0.39, 0.29) is 6.04 Å². The van der Waals surface area contributed by atoms with Crippen LogP contribution < -0.4 is 11.5 Å². The Morgan fingerprint density at radius 2 is 1.65 bits per heavy atom. The standard InChI is InChI=1S/C24H23N5O2/c25-19-8-7-17(12-20(19)26)15-3-4-16-11-18(6-5-14(16)10-15)21-13-27-23(28-21)22-2-1-9-29(22)24(30)31/h3-8,10-13,22H,1-2,9,25-26H2,(H,27,28)(H,30,31). The van der Waals surface area contributed by atoms with Gasteiger partial charge in [0.2, 0.25) is 0 Å². The number of hydrogen-bond donors (Lipinski definition) is 4. The van der Waals surface area contributed by atoms with Crippen molar-refractivity contribution in [3.8, 4) is 22.4 Å². The maximum absolute atomic E-state index is 11.4. The Kier molecular flexibility index (Phi) is 4.51. The van der Waals surface area contributed by atoms with Crippen molar-refractivity contribution in [3.05, 3.63) is 66.6 Å². The van der Waals surface area contributed by atoms with Gasteiger partial charge in [-0.15, -0.1) is 0 Å². The fourth-order valence-corrected chi connectivity index (χ4v) is 4.28. The Bertz CT molecular complexity index is 1300. The molecule has 0 radical (unpaired) electrons. The van der Waals surface area contributed by atoms with E-state index in [2.05, 4.69) is 40.3 Å². The lowest BCUT2D eigenvalue weighted by Gasteiger charge is -2.19. The number of anilines is 2. The Hall–Kier alpha value is -4.00. The predicted molar refractivity (Wildman–Crippen MR) is 122 cm³/mol. The molecule has 7 heteroatoms. The number of nitrogens with zero attached hydrogens (tertiary/aromatic N) is 2. The van der Waals surface area contributed by atoms with Crippen molar-refractivity contribution in [2.75, 3.05) is 18.0 Å². The first-order valence-electron chi connectivity index (χ1n) is 10.2. The van der Waals surface area contributed by atoms with Crippen molar-refractivity contribution in [1.82, 2.24) is 14.9 Å². The maximum Gasteiger partial charge on any atom is 0.407 e. The van der Waals surface area contributed by atoms with Gasteiger partial charge in [-0.1, -0.05) is 30.3 Å². The van der Waals surface area contributed by atoms with Crippen LogP contribution in [0.4, 0.5) is 16.2 Å². The molecule has 1 unspecified atom stereocenters. The Morgan fingerprint density at radius 1 is 0.968 bits per heavy atom. The summed E-state index contributed by atoms with van der Waals surface area (Å²) in [6.45, 7) is 0.550. The van der Waals surface area contributed by atoms with Crippen molar-refractivity contribution in [2.45, 2.75) is 18.9 Å². The lowest BCUT2D eigenvalue weighted by molar-refractivity contribution is 0.139. The number of aromatic amines is 1. The largest absolute Gasteiger partial charge is 0.465 e. The number of H-pyrrole nitrogens is 1. The van der Waals surface area contributed by atoms with Crippen LogP contribution in [0.1, 0.15) is 24.7 Å². The van der Waals surface area contributed by atoms with Gasteiger partial charge in [0, 0.05) is 12.1 Å². The SMILES string of the molecule is Nc1ccc(-c2ccc3cc(-c4cnc(C5CCCN5C(=O)O)[nH]4)ccc3c2)cc1N. The van der Waals surface area contributed by atoms with Gasteiger partial charge >= 0.3 is 6.09 Å². The molecule has 31 heavy (non-hydrogen) atoms. The number of hydrogen-bond acceptors (Lipinski definition) is 4. The molecule has 1 amide bonds. The van der Waals surface area contributed by atoms with Gasteiger partial charge in [-0.2, -0.15) is 0 Å². The van der Waals surface area contributed by atoms with Crippen LogP contribution in [0.25, 0.3) is 33.2 Å². The van der Waals surface area contributed by atoms with Gasteiger partial charge < -0.3 is 21.6 Å². The third-order valence-corrected chi connectivity index (χ3v) is 5.98. The quantitative estimate of drug-likeness (QED) is 0.357. The van der Waals surface area contributed by atoms with Crippen LogP contribution in [-0.4, -0.2) is 32.6 Å². The van der Waals surface area contributed by atoms with Crippen molar-refractivity contribution in [2.24, 2.45) is 0 Å². The van der Waals surface area contributed by atoms with E-state index < -0.39 is 6.09 Å². The first-order valence-corrected chi connectivity index (χ1v) is 10.2. The number of nitrogens with one attached hydrogen (secondary N) is 1. The molecule has 5 rings (SSSR count). The van der Waals surface area contributed by atoms with Gasteiger partial charge in [0.25, 0.3) is 0 Å². The third-order valence-electron chi connectivity index (χ3n) is 5.98. The average Bonchev–Trinajstić information content (AvgIpc) is 3.44. The monoisotopic (exact) mass is 413 g/mol. The first-order chi connectivity index (χ1) is 15.0. The number of amides is 1.